The Morgan fingerprint density at radius 1 is 1.18 bits per heavy atom. The number of carbonyl (C=O) groups excluding carboxylic acids is 2. The molecule has 3 rings (SSSR count). The first-order valence-electron chi connectivity index (χ1n) is 6.68. The molecule has 2 heterocycles. The van der Waals surface area contributed by atoms with E-state index in [9.17, 15) is 9.59 Å². The molecule has 2 aromatic rings. The molecule has 1 fully saturated rings. The molecule has 1 N–H and O–H groups in total. The molecule has 3 amide bonds. The summed E-state index contributed by atoms with van der Waals surface area (Å²) in [6.07, 6.45) is 1.52. The minimum absolute atomic E-state index is 0.191. The van der Waals surface area contributed by atoms with Gasteiger partial charge in [-0.2, -0.15) is 0 Å². The molecule has 5 nitrogen and oxygen atoms in total. The van der Waals surface area contributed by atoms with Crippen molar-refractivity contribution in [2.24, 2.45) is 0 Å². The average molecular weight is 317 g/mol. The van der Waals surface area contributed by atoms with Crippen molar-refractivity contribution in [1.29, 1.82) is 0 Å². The van der Waals surface area contributed by atoms with E-state index in [1.165, 1.54) is 6.08 Å². The molecule has 1 aliphatic rings. The minimum Gasteiger partial charge on any atom is -0.462 e. The van der Waals surface area contributed by atoms with Gasteiger partial charge in [0.2, 0.25) is 0 Å². The second-order valence-electron chi connectivity index (χ2n) is 4.95. The lowest BCUT2D eigenvalue weighted by atomic mass is 10.2. The monoisotopic (exact) mass is 316 g/mol. The average Bonchev–Trinajstić information content (AvgIpc) is 3.00. The number of urea groups is 1. The van der Waals surface area contributed by atoms with E-state index < -0.39 is 6.03 Å². The van der Waals surface area contributed by atoms with E-state index in [-0.39, 0.29) is 18.1 Å². The van der Waals surface area contributed by atoms with Crippen LogP contribution in [0.3, 0.4) is 0 Å². The molecule has 0 radical (unpaired) electrons. The number of imide groups is 1. The summed E-state index contributed by atoms with van der Waals surface area (Å²) >= 11 is 5.82. The summed E-state index contributed by atoms with van der Waals surface area (Å²) in [5.41, 5.74) is 1.02. The van der Waals surface area contributed by atoms with Gasteiger partial charge < -0.3 is 9.73 Å². The topological polar surface area (TPSA) is 62.6 Å². The minimum atomic E-state index is -0.450. The maximum Gasteiger partial charge on any atom is 0.329 e. The van der Waals surface area contributed by atoms with E-state index in [1.54, 1.807) is 36.4 Å². The molecular weight excluding hydrogens is 304 g/mol. The Hall–Kier alpha value is -2.53. The van der Waals surface area contributed by atoms with Gasteiger partial charge >= 0.3 is 6.03 Å². The van der Waals surface area contributed by atoms with Crippen molar-refractivity contribution in [1.82, 2.24) is 10.2 Å². The molecular formula is C16H13ClN2O3. The van der Waals surface area contributed by atoms with Crippen molar-refractivity contribution in [2.75, 3.05) is 0 Å². The van der Waals surface area contributed by atoms with Crippen LogP contribution in [0.4, 0.5) is 4.79 Å². The van der Waals surface area contributed by atoms with Gasteiger partial charge in [-0.1, -0.05) is 23.7 Å². The third-order valence-corrected chi connectivity index (χ3v) is 3.52. The number of amides is 3. The van der Waals surface area contributed by atoms with E-state index in [0.29, 0.717) is 10.8 Å². The van der Waals surface area contributed by atoms with Crippen LogP contribution < -0.4 is 5.32 Å². The predicted molar refractivity (Wildman–Crippen MR) is 82.0 cm³/mol. The zero-order chi connectivity index (χ0) is 15.7. The van der Waals surface area contributed by atoms with Crippen LogP contribution in [0, 0.1) is 6.92 Å². The molecule has 0 spiro atoms. The van der Waals surface area contributed by atoms with E-state index in [2.05, 4.69) is 5.32 Å². The number of nitrogens with one attached hydrogen (secondary N) is 1. The van der Waals surface area contributed by atoms with Crippen LogP contribution in [0.15, 0.2) is 46.5 Å². The molecule has 112 valence electrons. The number of hydrogen-bond donors (Lipinski definition) is 1. The smallest absolute Gasteiger partial charge is 0.329 e. The van der Waals surface area contributed by atoms with Crippen molar-refractivity contribution in [3.05, 3.63) is 64.2 Å². The highest BCUT2D eigenvalue weighted by atomic mass is 35.5. The van der Waals surface area contributed by atoms with Gasteiger partial charge in [-0.25, -0.2) is 4.79 Å². The normalized spacial score (nSPS) is 16.5. The number of rotatable bonds is 3. The molecule has 0 saturated carbocycles. The van der Waals surface area contributed by atoms with E-state index in [0.717, 1.165) is 16.2 Å². The Bertz CT molecular complexity index is 762. The standard InChI is InChI=1S/C16H13ClN2O3/c1-10-2-7-13(22-10)8-14-15(20)19(16(21)18-14)9-11-3-5-12(17)6-4-11/h2-8H,9H2,1H3,(H,18,21). The number of benzene rings is 1. The summed E-state index contributed by atoms with van der Waals surface area (Å²) in [5, 5.41) is 3.16. The second kappa shape index (κ2) is 5.69. The Balaban J connectivity index is 1.79. The molecule has 6 heteroatoms. The highest BCUT2D eigenvalue weighted by Crippen LogP contribution is 2.19. The summed E-state index contributed by atoms with van der Waals surface area (Å²) < 4.78 is 5.38. The van der Waals surface area contributed by atoms with Gasteiger partial charge in [0.25, 0.3) is 5.91 Å². The lowest BCUT2D eigenvalue weighted by Gasteiger charge is -2.11. The third-order valence-electron chi connectivity index (χ3n) is 3.26. The first kappa shape index (κ1) is 14.4. The quantitative estimate of drug-likeness (QED) is 0.698. The molecule has 1 saturated heterocycles. The van der Waals surface area contributed by atoms with Crippen molar-refractivity contribution < 1.29 is 14.0 Å². The highest BCUT2D eigenvalue weighted by Gasteiger charge is 2.33. The number of furan rings is 1. The molecule has 1 aromatic carbocycles. The number of carbonyl (C=O) groups is 2. The van der Waals surface area contributed by atoms with Gasteiger partial charge in [0, 0.05) is 11.1 Å². The van der Waals surface area contributed by atoms with Gasteiger partial charge in [-0.3, -0.25) is 9.69 Å². The van der Waals surface area contributed by atoms with Crippen LogP contribution in [0.1, 0.15) is 17.1 Å². The van der Waals surface area contributed by atoms with Crippen LogP contribution in [-0.2, 0) is 11.3 Å². The van der Waals surface area contributed by atoms with E-state index in [4.69, 9.17) is 16.0 Å². The first-order valence-corrected chi connectivity index (χ1v) is 7.06. The fourth-order valence-corrected chi connectivity index (χ4v) is 2.29. The Kier molecular flexibility index (Phi) is 3.73. The van der Waals surface area contributed by atoms with Gasteiger partial charge in [0.1, 0.15) is 17.2 Å². The largest absolute Gasteiger partial charge is 0.462 e. The maximum absolute atomic E-state index is 12.3. The van der Waals surface area contributed by atoms with Gasteiger partial charge in [0.15, 0.2) is 0 Å². The third kappa shape index (κ3) is 2.89. The second-order valence-corrected chi connectivity index (χ2v) is 5.39. The first-order chi connectivity index (χ1) is 10.5. The van der Waals surface area contributed by atoms with Gasteiger partial charge in [-0.15, -0.1) is 0 Å². The predicted octanol–water partition coefficient (Wildman–Crippen LogP) is 3.33. The SMILES string of the molecule is Cc1ccc(C=C2NC(=O)N(Cc3ccc(Cl)cc3)C2=O)o1. The summed E-state index contributed by atoms with van der Waals surface area (Å²) in [6, 6.07) is 10.1. The van der Waals surface area contributed by atoms with Crippen LogP contribution >= 0.6 is 11.6 Å². The molecule has 0 bridgehead atoms. The molecule has 22 heavy (non-hydrogen) atoms. The van der Waals surface area contributed by atoms with Crippen LogP contribution in [0.5, 0.6) is 0 Å². The highest BCUT2D eigenvalue weighted by molar-refractivity contribution is 6.30. The summed E-state index contributed by atoms with van der Waals surface area (Å²) in [6.45, 7) is 2.00. The molecule has 1 aliphatic heterocycles. The van der Waals surface area contributed by atoms with Crippen molar-refractivity contribution in [3.8, 4) is 0 Å². The van der Waals surface area contributed by atoms with E-state index in [1.807, 2.05) is 6.92 Å². The number of hydrogen-bond acceptors (Lipinski definition) is 3. The Morgan fingerprint density at radius 3 is 2.55 bits per heavy atom. The fraction of sp³-hybridized carbons (Fsp3) is 0.125. The summed E-state index contributed by atoms with van der Waals surface area (Å²) in [4.78, 5) is 25.4. The van der Waals surface area contributed by atoms with Crippen LogP contribution in [-0.4, -0.2) is 16.8 Å². The fourth-order valence-electron chi connectivity index (χ4n) is 2.16. The summed E-state index contributed by atoms with van der Waals surface area (Å²) in [7, 11) is 0. The number of nitrogens with zero attached hydrogens (tertiary/aromatic N) is 1. The number of halogens is 1. The molecule has 0 aliphatic carbocycles. The van der Waals surface area contributed by atoms with Crippen molar-refractivity contribution in [2.45, 2.75) is 13.5 Å². The lowest BCUT2D eigenvalue weighted by Crippen LogP contribution is -2.30. The van der Waals surface area contributed by atoms with E-state index >= 15 is 0 Å². The maximum atomic E-state index is 12.3. The van der Waals surface area contributed by atoms with Gasteiger partial charge in [0.05, 0.1) is 6.54 Å². The lowest BCUT2D eigenvalue weighted by molar-refractivity contribution is -0.123. The van der Waals surface area contributed by atoms with Gasteiger partial charge in [-0.05, 0) is 36.8 Å². The zero-order valence-electron chi connectivity index (χ0n) is 11.8. The van der Waals surface area contributed by atoms with Crippen molar-refractivity contribution in [3.63, 3.8) is 0 Å². The number of aryl methyl sites for hydroxylation is 1. The Morgan fingerprint density at radius 2 is 1.91 bits per heavy atom. The van der Waals surface area contributed by atoms with Crippen LogP contribution in [0.2, 0.25) is 5.02 Å². The van der Waals surface area contributed by atoms with Crippen molar-refractivity contribution >= 4 is 29.6 Å². The Labute approximate surface area is 132 Å². The van der Waals surface area contributed by atoms with Crippen LogP contribution in [0.25, 0.3) is 6.08 Å². The molecule has 0 unspecified atom stereocenters. The summed E-state index contributed by atoms with van der Waals surface area (Å²) in [5.74, 6) is 0.880. The zero-order valence-corrected chi connectivity index (χ0v) is 12.6. The molecule has 0 atom stereocenters. The molecule has 1 aromatic heterocycles.